The van der Waals surface area contributed by atoms with E-state index in [2.05, 4.69) is 24.1 Å². The highest BCUT2D eigenvalue weighted by Crippen LogP contribution is 2.20. The third kappa shape index (κ3) is 6.31. The number of benzene rings is 1. The molecule has 27 heavy (non-hydrogen) atoms. The minimum absolute atomic E-state index is 0.0294. The Kier molecular flexibility index (Phi) is 7.78. The zero-order valence-electron chi connectivity index (χ0n) is 16.9. The Hall–Kier alpha value is -1.95. The maximum atomic E-state index is 13.2. The molecule has 6 heteroatoms. The van der Waals surface area contributed by atoms with Crippen molar-refractivity contribution in [1.29, 1.82) is 0 Å². The standard InChI is InChI=1S/C21H32FN3O2/c1-15(2)19-14-25(20(26)12-23-21(27)16(3)4)11-5-10-24(19)13-17-6-8-18(22)9-7-17/h6-9,15-16,19H,5,10-14H2,1-4H3,(H,23,27). The van der Waals surface area contributed by atoms with Crippen molar-refractivity contribution < 1.29 is 14.0 Å². The molecular weight excluding hydrogens is 345 g/mol. The predicted octanol–water partition coefficient (Wildman–Crippen LogP) is 2.66. The van der Waals surface area contributed by atoms with E-state index in [1.807, 2.05) is 30.9 Å². The van der Waals surface area contributed by atoms with Gasteiger partial charge in [0.25, 0.3) is 0 Å². The first-order valence-electron chi connectivity index (χ1n) is 9.82. The molecule has 1 N–H and O–H groups in total. The van der Waals surface area contributed by atoms with Crippen LogP contribution in [0.25, 0.3) is 0 Å². The normalized spacial score (nSPS) is 18.6. The fourth-order valence-electron chi connectivity index (χ4n) is 3.42. The van der Waals surface area contributed by atoms with Crippen LogP contribution < -0.4 is 5.32 Å². The molecule has 1 atom stereocenters. The second-order valence-electron chi connectivity index (χ2n) is 7.97. The number of nitrogens with one attached hydrogen (secondary N) is 1. The molecule has 1 saturated heterocycles. The third-order valence-corrected chi connectivity index (χ3v) is 5.11. The average molecular weight is 378 g/mol. The Morgan fingerprint density at radius 3 is 2.41 bits per heavy atom. The number of halogens is 1. The third-order valence-electron chi connectivity index (χ3n) is 5.11. The first-order valence-corrected chi connectivity index (χ1v) is 9.82. The van der Waals surface area contributed by atoms with Gasteiger partial charge in [-0.1, -0.05) is 39.8 Å². The van der Waals surface area contributed by atoms with Gasteiger partial charge in [0.1, 0.15) is 5.82 Å². The fourth-order valence-corrected chi connectivity index (χ4v) is 3.42. The van der Waals surface area contributed by atoms with Gasteiger partial charge >= 0.3 is 0 Å². The van der Waals surface area contributed by atoms with E-state index in [1.165, 1.54) is 12.1 Å². The first kappa shape index (κ1) is 21.4. The lowest BCUT2D eigenvalue weighted by molar-refractivity contribution is -0.134. The van der Waals surface area contributed by atoms with Gasteiger partial charge in [0.15, 0.2) is 0 Å². The van der Waals surface area contributed by atoms with Gasteiger partial charge in [0, 0.05) is 38.1 Å². The van der Waals surface area contributed by atoms with Crippen LogP contribution in [0.2, 0.25) is 0 Å². The van der Waals surface area contributed by atoms with Crippen LogP contribution in [0.15, 0.2) is 24.3 Å². The lowest BCUT2D eigenvalue weighted by Gasteiger charge is -2.34. The monoisotopic (exact) mass is 377 g/mol. The molecule has 0 aromatic heterocycles. The number of hydrogen-bond acceptors (Lipinski definition) is 3. The minimum Gasteiger partial charge on any atom is -0.347 e. The molecule has 1 aliphatic heterocycles. The quantitative estimate of drug-likeness (QED) is 0.829. The second kappa shape index (κ2) is 9.83. The van der Waals surface area contributed by atoms with Crippen molar-refractivity contribution in [3.8, 4) is 0 Å². The van der Waals surface area contributed by atoms with Gasteiger partial charge in [-0.15, -0.1) is 0 Å². The highest BCUT2D eigenvalue weighted by molar-refractivity contribution is 5.85. The van der Waals surface area contributed by atoms with E-state index >= 15 is 0 Å². The average Bonchev–Trinajstić information content (AvgIpc) is 2.84. The van der Waals surface area contributed by atoms with Crippen molar-refractivity contribution in [2.24, 2.45) is 11.8 Å². The molecule has 0 bridgehead atoms. The van der Waals surface area contributed by atoms with Crippen molar-refractivity contribution in [2.75, 3.05) is 26.2 Å². The summed E-state index contributed by atoms with van der Waals surface area (Å²) in [5.74, 6) is -0.106. The van der Waals surface area contributed by atoms with Crippen LogP contribution in [0.3, 0.4) is 0 Å². The van der Waals surface area contributed by atoms with E-state index in [-0.39, 0.29) is 36.1 Å². The summed E-state index contributed by atoms with van der Waals surface area (Å²) in [7, 11) is 0. The number of amides is 2. The molecule has 2 rings (SSSR count). The number of hydrogen-bond donors (Lipinski definition) is 1. The van der Waals surface area contributed by atoms with Crippen LogP contribution >= 0.6 is 0 Å². The van der Waals surface area contributed by atoms with Crippen molar-refractivity contribution in [3.63, 3.8) is 0 Å². The maximum Gasteiger partial charge on any atom is 0.242 e. The topological polar surface area (TPSA) is 52.7 Å². The van der Waals surface area contributed by atoms with E-state index in [0.29, 0.717) is 19.0 Å². The predicted molar refractivity (Wildman–Crippen MR) is 104 cm³/mol. The Morgan fingerprint density at radius 1 is 1.15 bits per heavy atom. The zero-order chi connectivity index (χ0) is 20.0. The van der Waals surface area contributed by atoms with Crippen molar-refractivity contribution in [2.45, 2.75) is 46.7 Å². The molecule has 0 saturated carbocycles. The molecule has 2 amide bonds. The Balaban J connectivity index is 2.01. The summed E-state index contributed by atoms with van der Waals surface area (Å²) in [5.41, 5.74) is 1.08. The maximum absolute atomic E-state index is 13.2. The van der Waals surface area contributed by atoms with Crippen LogP contribution in [0.4, 0.5) is 4.39 Å². The SMILES string of the molecule is CC(C)C(=O)NCC(=O)N1CCCN(Cc2ccc(F)cc2)C(C(C)C)C1. The fraction of sp³-hybridized carbons (Fsp3) is 0.619. The molecule has 0 radical (unpaired) electrons. The molecule has 1 unspecified atom stereocenters. The molecular formula is C21H32FN3O2. The zero-order valence-corrected chi connectivity index (χ0v) is 16.9. The van der Waals surface area contributed by atoms with Crippen molar-refractivity contribution in [3.05, 3.63) is 35.6 Å². The molecule has 1 heterocycles. The van der Waals surface area contributed by atoms with Gasteiger partial charge in [-0.25, -0.2) is 4.39 Å². The second-order valence-corrected chi connectivity index (χ2v) is 7.97. The molecule has 0 spiro atoms. The highest BCUT2D eigenvalue weighted by Gasteiger charge is 2.29. The van der Waals surface area contributed by atoms with Gasteiger partial charge in [0.05, 0.1) is 6.54 Å². The summed E-state index contributed by atoms with van der Waals surface area (Å²) in [5, 5.41) is 2.72. The summed E-state index contributed by atoms with van der Waals surface area (Å²) in [6.07, 6.45) is 0.883. The molecule has 5 nitrogen and oxygen atoms in total. The molecule has 0 aliphatic carbocycles. The molecule has 1 fully saturated rings. The molecule has 1 aromatic carbocycles. The number of rotatable bonds is 6. The summed E-state index contributed by atoms with van der Waals surface area (Å²) >= 11 is 0. The van der Waals surface area contributed by atoms with E-state index < -0.39 is 0 Å². The van der Waals surface area contributed by atoms with Crippen LogP contribution in [0.5, 0.6) is 0 Å². The van der Waals surface area contributed by atoms with E-state index in [1.54, 1.807) is 0 Å². The first-order chi connectivity index (χ1) is 12.8. The highest BCUT2D eigenvalue weighted by atomic mass is 19.1. The summed E-state index contributed by atoms with van der Waals surface area (Å²) in [4.78, 5) is 28.6. The Bertz CT molecular complexity index is 631. The van der Waals surface area contributed by atoms with Gasteiger partial charge in [-0.05, 0) is 30.0 Å². The van der Waals surface area contributed by atoms with Crippen LogP contribution in [-0.2, 0) is 16.1 Å². The number of carbonyl (C=O) groups is 2. The van der Waals surface area contributed by atoms with E-state index in [4.69, 9.17) is 0 Å². The number of carbonyl (C=O) groups excluding carboxylic acids is 2. The van der Waals surface area contributed by atoms with Gasteiger partial charge in [-0.3, -0.25) is 14.5 Å². The van der Waals surface area contributed by atoms with E-state index in [0.717, 1.165) is 25.1 Å². The molecule has 1 aromatic rings. The summed E-state index contributed by atoms with van der Waals surface area (Å²) in [6.45, 7) is 11.0. The van der Waals surface area contributed by atoms with Gasteiger partial charge in [-0.2, -0.15) is 0 Å². The smallest absolute Gasteiger partial charge is 0.242 e. The Morgan fingerprint density at radius 2 is 1.81 bits per heavy atom. The molecule has 150 valence electrons. The lowest BCUT2D eigenvalue weighted by atomic mass is 10.0. The van der Waals surface area contributed by atoms with Crippen molar-refractivity contribution >= 4 is 11.8 Å². The summed E-state index contributed by atoms with van der Waals surface area (Å²) < 4.78 is 13.2. The summed E-state index contributed by atoms with van der Waals surface area (Å²) in [6, 6.07) is 6.85. The van der Waals surface area contributed by atoms with Gasteiger partial charge in [0.2, 0.25) is 11.8 Å². The largest absolute Gasteiger partial charge is 0.347 e. The lowest BCUT2D eigenvalue weighted by Crippen LogP contribution is -2.48. The van der Waals surface area contributed by atoms with Crippen LogP contribution in [0, 0.1) is 17.7 Å². The minimum atomic E-state index is -0.227. The van der Waals surface area contributed by atoms with Gasteiger partial charge < -0.3 is 10.2 Å². The van der Waals surface area contributed by atoms with Crippen molar-refractivity contribution in [1.82, 2.24) is 15.1 Å². The Labute approximate surface area is 161 Å². The van der Waals surface area contributed by atoms with E-state index in [9.17, 15) is 14.0 Å². The van der Waals surface area contributed by atoms with Crippen LogP contribution in [0.1, 0.15) is 39.7 Å². The number of nitrogens with zero attached hydrogens (tertiary/aromatic N) is 2. The molecule has 1 aliphatic rings. The van der Waals surface area contributed by atoms with Crippen LogP contribution in [-0.4, -0.2) is 53.8 Å².